The molecule has 2 N–H and O–H groups in total. The fourth-order valence-corrected chi connectivity index (χ4v) is 1.76. The number of hydrogen-bond acceptors (Lipinski definition) is 3. The summed E-state index contributed by atoms with van der Waals surface area (Å²) < 4.78 is 44.4. The summed E-state index contributed by atoms with van der Waals surface area (Å²) in [6.07, 6.45) is 0. The molecular weight excluding hydrogens is 283 g/mol. The number of esters is 1. The van der Waals surface area contributed by atoms with Gasteiger partial charge in [0.15, 0.2) is 0 Å². The van der Waals surface area contributed by atoms with Crippen LogP contribution in [0.1, 0.15) is 21.5 Å². The second-order valence-electron chi connectivity index (χ2n) is 4.50. The number of carbonyl (C=O) groups excluding carboxylic acids is 1. The van der Waals surface area contributed by atoms with Crippen LogP contribution in [0.15, 0.2) is 30.3 Å². The largest absolute Gasteiger partial charge is 0.457 e. The average Bonchev–Trinajstić information content (AvgIpc) is 2.41. The molecule has 0 spiro atoms. The van der Waals surface area contributed by atoms with Crippen LogP contribution in [0.4, 0.5) is 18.9 Å². The summed E-state index contributed by atoms with van der Waals surface area (Å²) in [7, 11) is 0. The summed E-state index contributed by atoms with van der Waals surface area (Å²) in [5.41, 5.74) is 5.67. The number of nitrogens with two attached hydrogens (primary N) is 1. The van der Waals surface area contributed by atoms with Crippen LogP contribution in [0.5, 0.6) is 0 Å². The summed E-state index contributed by atoms with van der Waals surface area (Å²) in [5.74, 6) is -3.37. The van der Waals surface area contributed by atoms with Gasteiger partial charge in [0.2, 0.25) is 0 Å². The van der Waals surface area contributed by atoms with Crippen molar-refractivity contribution >= 4 is 11.7 Å². The predicted octanol–water partition coefficient (Wildman–Crippen LogP) is 3.35. The zero-order valence-electron chi connectivity index (χ0n) is 11.1. The van der Waals surface area contributed by atoms with Crippen molar-refractivity contribution in [3.8, 4) is 0 Å². The summed E-state index contributed by atoms with van der Waals surface area (Å²) in [6.45, 7) is 1.50. The maximum absolute atomic E-state index is 13.5. The van der Waals surface area contributed by atoms with Gasteiger partial charge < -0.3 is 10.5 Å². The standard InChI is InChI=1S/C15H12F3NO2/c1-8-4-10(16)3-2-9(8)7-21-15(20)11-5-14(19)13(18)6-12(11)17/h2-6H,7,19H2,1H3. The Morgan fingerprint density at radius 2 is 1.86 bits per heavy atom. The van der Waals surface area contributed by atoms with E-state index < -0.39 is 29.0 Å². The van der Waals surface area contributed by atoms with Crippen LogP contribution in [-0.4, -0.2) is 5.97 Å². The monoisotopic (exact) mass is 295 g/mol. The molecule has 0 aliphatic rings. The summed E-state index contributed by atoms with van der Waals surface area (Å²) in [5, 5.41) is 0. The van der Waals surface area contributed by atoms with Crippen LogP contribution in [-0.2, 0) is 11.3 Å². The molecule has 0 aliphatic carbocycles. The van der Waals surface area contributed by atoms with Crippen molar-refractivity contribution in [1.82, 2.24) is 0 Å². The van der Waals surface area contributed by atoms with Gasteiger partial charge in [0.25, 0.3) is 0 Å². The van der Waals surface area contributed by atoms with Gasteiger partial charge in [-0.2, -0.15) is 0 Å². The van der Waals surface area contributed by atoms with Gasteiger partial charge in [-0.25, -0.2) is 18.0 Å². The summed E-state index contributed by atoms with van der Waals surface area (Å²) in [6, 6.07) is 5.39. The molecule has 2 rings (SSSR count). The number of anilines is 1. The molecule has 0 bridgehead atoms. The van der Waals surface area contributed by atoms with Crippen LogP contribution in [0.25, 0.3) is 0 Å². The first kappa shape index (κ1) is 14.9. The highest BCUT2D eigenvalue weighted by Gasteiger charge is 2.16. The van der Waals surface area contributed by atoms with Gasteiger partial charge in [0.1, 0.15) is 24.1 Å². The van der Waals surface area contributed by atoms with Crippen molar-refractivity contribution in [3.05, 3.63) is 64.5 Å². The van der Waals surface area contributed by atoms with Gasteiger partial charge in [-0.3, -0.25) is 0 Å². The molecule has 0 unspecified atom stereocenters. The van der Waals surface area contributed by atoms with E-state index in [2.05, 4.69) is 0 Å². The fourth-order valence-electron chi connectivity index (χ4n) is 1.76. The van der Waals surface area contributed by atoms with Gasteiger partial charge in [-0.15, -0.1) is 0 Å². The van der Waals surface area contributed by atoms with Crippen LogP contribution >= 0.6 is 0 Å². The van der Waals surface area contributed by atoms with Gasteiger partial charge in [0, 0.05) is 6.07 Å². The van der Waals surface area contributed by atoms with Crippen LogP contribution in [0.3, 0.4) is 0 Å². The molecule has 2 aromatic rings. The number of benzene rings is 2. The highest BCUT2D eigenvalue weighted by Crippen LogP contribution is 2.18. The molecule has 21 heavy (non-hydrogen) atoms. The Morgan fingerprint density at radius 1 is 1.14 bits per heavy atom. The number of halogens is 3. The van der Waals surface area contributed by atoms with E-state index in [1.54, 1.807) is 6.92 Å². The van der Waals surface area contributed by atoms with Crippen molar-refractivity contribution < 1.29 is 22.7 Å². The zero-order valence-corrected chi connectivity index (χ0v) is 11.1. The quantitative estimate of drug-likeness (QED) is 0.698. The van der Waals surface area contributed by atoms with Crippen molar-refractivity contribution in [2.24, 2.45) is 0 Å². The Labute approximate surface area is 119 Å². The lowest BCUT2D eigenvalue weighted by atomic mass is 10.1. The summed E-state index contributed by atoms with van der Waals surface area (Å²) >= 11 is 0. The molecule has 3 nitrogen and oxygen atoms in total. The van der Waals surface area contributed by atoms with E-state index in [1.165, 1.54) is 18.2 Å². The Balaban J connectivity index is 2.13. The number of hydrogen-bond donors (Lipinski definition) is 1. The lowest BCUT2D eigenvalue weighted by Crippen LogP contribution is -2.10. The minimum Gasteiger partial charge on any atom is -0.457 e. The number of carbonyl (C=O) groups is 1. The molecule has 0 aliphatic heterocycles. The molecule has 0 amide bonds. The smallest absolute Gasteiger partial charge is 0.341 e. The van der Waals surface area contributed by atoms with Crippen molar-refractivity contribution in [2.75, 3.05) is 5.73 Å². The van der Waals surface area contributed by atoms with Gasteiger partial charge >= 0.3 is 5.97 Å². The lowest BCUT2D eigenvalue weighted by molar-refractivity contribution is 0.0466. The van der Waals surface area contributed by atoms with Gasteiger partial charge in [0.05, 0.1) is 11.3 Å². The lowest BCUT2D eigenvalue weighted by Gasteiger charge is -2.09. The average molecular weight is 295 g/mol. The molecule has 0 radical (unpaired) electrons. The second kappa shape index (κ2) is 5.87. The van der Waals surface area contributed by atoms with Crippen LogP contribution in [0.2, 0.25) is 0 Å². The normalized spacial score (nSPS) is 10.5. The molecule has 0 saturated carbocycles. The molecule has 110 valence electrons. The Bertz CT molecular complexity index is 702. The highest BCUT2D eigenvalue weighted by atomic mass is 19.1. The van der Waals surface area contributed by atoms with Crippen LogP contribution < -0.4 is 5.73 Å². The zero-order chi connectivity index (χ0) is 15.6. The third kappa shape index (κ3) is 3.34. The third-order valence-corrected chi connectivity index (χ3v) is 2.97. The predicted molar refractivity (Wildman–Crippen MR) is 71.0 cm³/mol. The molecule has 0 fully saturated rings. The molecule has 6 heteroatoms. The molecule has 0 atom stereocenters. The third-order valence-electron chi connectivity index (χ3n) is 2.97. The van der Waals surface area contributed by atoms with E-state index in [0.717, 1.165) is 6.07 Å². The SMILES string of the molecule is Cc1cc(F)ccc1COC(=O)c1cc(N)c(F)cc1F. The van der Waals surface area contributed by atoms with Gasteiger partial charge in [-0.1, -0.05) is 6.07 Å². The molecule has 2 aromatic carbocycles. The van der Waals surface area contributed by atoms with E-state index in [9.17, 15) is 18.0 Å². The molecular formula is C15H12F3NO2. The second-order valence-corrected chi connectivity index (χ2v) is 4.50. The topological polar surface area (TPSA) is 52.3 Å². The first-order chi connectivity index (χ1) is 9.88. The number of nitrogen functional groups attached to an aromatic ring is 1. The van der Waals surface area contributed by atoms with Crippen molar-refractivity contribution in [3.63, 3.8) is 0 Å². The van der Waals surface area contributed by atoms with Crippen molar-refractivity contribution in [2.45, 2.75) is 13.5 Å². The summed E-state index contributed by atoms with van der Waals surface area (Å²) in [4.78, 5) is 11.8. The van der Waals surface area contributed by atoms with E-state index in [0.29, 0.717) is 17.2 Å². The fraction of sp³-hybridized carbons (Fsp3) is 0.133. The molecule has 0 saturated heterocycles. The van der Waals surface area contributed by atoms with Crippen molar-refractivity contribution in [1.29, 1.82) is 0 Å². The van der Waals surface area contributed by atoms with E-state index >= 15 is 0 Å². The number of aryl methyl sites for hydroxylation is 1. The number of ether oxygens (including phenoxy) is 1. The molecule has 0 aromatic heterocycles. The van der Waals surface area contributed by atoms with E-state index in [1.807, 2.05) is 0 Å². The molecule has 0 heterocycles. The highest BCUT2D eigenvalue weighted by molar-refractivity contribution is 5.90. The first-order valence-corrected chi connectivity index (χ1v) is 6.05. The maximum atomic E-state index is 13.5. The minimum absolute atomic E-state index is 0.151. The Kier molecular flexibility index (Phi) is 4.16. The Hall–Kier alpha value is -2.50. The minimum atomic E-state index is -1.05. The number of rotatable bonds is 3. The Morgan fingerprint density at radius 3 is 2.52 bits per heavy atom. The van der Waals surface area contributed by atoms with Crippen LogP contribution in [0, 0.1) is 24.4 Å². The van der Waals surface area contributed by atoms with E-state index in [-0.39, 0.29) is 12.3 Å². The van der Waals surface area contributed by atoms with E-state index in [4.69, 9.17) is 10.5 Å². The van der Waals surface area contributed by atoms with Gasteiger partial charge in [-0.05, 0) is 36.2 Å². The maximum Gasteiger partial charge on any atom is 0.341 e. The first-order valence-electron chi connectivity index (χ1n) is 6.05.